The number of thiophene rings is 1. The first-order valence-electron chi connectivity index (χ1n) is 8.17. The number of hydrogen-bond acceptors (Lipinski definition) is 5. The highest BCUT2D eigenvalue weighted by molar-refractivity contribution is 7.98. The second-order valence-electron chi connectivity index (χ2n) is 6.04. The fourth-order valence-electron chi connectivity index (χ4n) is 3.08. The van der Waals surface area contributed by atoms with E-state index < -0.39 is 0 Å². The van der Waals surface area contributed by atoms with Crippen molar-refractivity contribution in [2.45, 2.75) is 24.7 Å². The van der Waals surface area contributed by atoms with Gasteiger partial charge in [-0.2, -0.15) is 0 Å². The highest BCUT2D eigenvalue weighted by Crippen LogP contribution is 2.31. The van der Waals surface area contributed by atoms with Gasteiger partial charge in [0.25, 0.3) is 0 Å². The normalized spacial score (nSPS) is 14.5. The van der Waals surface area contributed by atoms with Crippen molar-refractivity contribution in [1.82, 2.24) is 14.9 Å². The molecule has 3 nitrogen and oxygen atoms in total. The molecule has 0 saturated carbocycles. The Bertz CT molecular complexity index is 894. The van der Waals surface area contributed by atoms with Crippen LogP contribution in [-0.4, -0.2) is 27.7 Å². The number of rotatable bonds is 4. The molecule has 0 radical (unpaired) electrons. The molecule has 6 heteroatoms. The van der Waals surface area contributed by atoms with E-state index in [1.165, 1.54) is 22.2 Å². The third kappa shape index (κ3) is 3.61. The van der Waals surface area contributed by atoms with Gasteiger partial charge >= 0.3 is 0 Å². The second kappa shape index (κ2) is 7.23. The van der Waals surface area contributed by atoms with Crippen molar-refractivity contribution in [3.63, 3.8) is 0 Å². The highest BCUT2D eigenvalue weighted by Gasteiger charge is 2.19. The predicted octanol–water partition coefficient (Wildman–Crippen LogP) is 4.62. The minimum Gasteiger partial charge on any atom is -0.293 e. The van der Waals surface area contributed by atoms with Gasteiger partial charge in [-0.3, -0.25) is 4.90 Å². The van der Waals surface area contributed by atoms with E-state index in [0.717, 1.165) is 36.1 Å². The van der Waals surface area contributed by atoms with E-state index in [1.807, 2.05) is 30.7 Å². The summed E-state index contributed by atoms with van der Waals surface area (Å²) in [5.41, 5.74) is 3.07. The van der Waals surface area contributed by atoms with Crippen molar-refractivity contribution in [1.29, 1.82) is 0 Å². The topological polar surface area (TPSA) is 29.0 Å². The van der Waals surface area contributed by atoms with Gasteiger partial charge in [0.2, 0.25) is 0 Å². The van der Waals surface area contributed by atoms with Gasteiger partial charge in [0.05, 0.1) is 5.69 Å². The minimum absolute atomic E-state index is 0.162. The molecule has 1 aliphatic heterocycles. The van der Waals surface area contributed by atoms with Crippen molar-refractivity contribution in [2.75, 3.05) is 12.8 Å². The van der Waals surface area contributed by atoms with Crippen LogP contribution in [0.5, 0.6) is 0 Å². The van der Waals surface area contributed by atoms with Gasteiger partial charge in [-0.1, -0.05) is 30.0 Å². The standard InChI is InChI=1S/C19H18FN3S2/c1-24-19-21-10-13-11-23(9-8-17(13)22-19)12-14-6-7-18(25-14)15-4-2-3-5-16(15)20/h2-7,10H,8-9,11-12H2,1H3. The molecule has 0 amide bonds. The smallest absolute Gasteiger partial charge is 0.187 e. The van der Waals surface area contributed by atoms with Gasteiger partial charge in [-0.25, -0.2) is 14.4 Å². The molecule has 2 aromatic heterocycles. The molecule has 25 heavy (non-hydrogen) atoms. The van der Waals surface area contributed by atoms with Crippen molar-refractivity contribution in [2.24, 2.45) is 0 Å². The maximum Gasteiger partial charge on any atom is 0.187 e. The Morgan fingerprint density at radius 3 is 2.96 bits per heavy atom. The van der Waals surface area contributed by atoms with Crippen LogP contribution < -0.4 is 0 Å². The molecule has 0 bridgehead atoms. The Labute approximate surface area is 154 Å². The van der Waals surface area contributed by atoms with Crippen LogP contribution in [0.3, 0.4) is 0 Å². The fourth-order valence-corrected chi connectivity index (χ4v) is 4.52. The Morgan fingerprint density at radius 1 is 1.24 bits per heavy atom. The summed E-state index contributed by atoms with van der Waals surface area (Å²) in [6.45, 7) is 2.74. The first-order valence-corrected chi connectivity index (χ1v) is 10.2. The van der Waals surface area contributed by atoms with E-state index in [2.05, 4.69) is 20.9 Å². The zero-order valence-electron chi connectivity index (χ0n) is 13.9. The average molecular weight is 372 g/mol. The second-order valence-corrected chi connectivity index (χ2v) is 7.98. The summed E-state index contributed by atoms with van der Waals surface area (Å²) in [6.07, 6.45) is 4.91. The predicted molar refractivity (Wildman–Crippen MR) is 101 cm³/mol. The van der Waals surface area contributed by atoms with Gasteiger partial charge in [-0.15, -0.1) is 11.3 Å². The molecule has 1 aliphatic rings. The summed E-state index contributed by atoms with van der Waals surface area (Å²) >= 11 is 3.25. The molecular formula is C19H18FN3S2. The molecule has 1 aromatic carbocycles. The molecule has 0 aliphatic carbocycles. The number of benzene rings is 1. The lowest BCUT2D eigenvalue weighted by Crippen LogP contribution is -2.30. The molecular weight excluding hydrogens is 353 g/mol. The van der Waals surface area contributed by atoms with Gasteiger partial charge in [0.1, 0.15) is 5.82 Å². The van der Waals surface area contributed by atoms with Gasteiger partial charge in [0, 0.05) is 53.1 Å². The third-order valence-corrected chi connectivity index (χ3v) is 6.02. The Hall–Kier alpha value is -1.76. The zero-order chi connectivity index (χ0) is 17.2. The monoisotopic (exact) mass is 371 g/mol. The number of halogens is 1. The number of nitrogens with zero attached hydrogens (tertiary/aromatic N) is 3. The summed E-state index contributed by atoms with van der Waals surface area (Å²) in [4.78, 5) is 13.6. The van der Waals surface area contributed by atoms with E-state index >= 15 is 0 Å². The van der Waals surface area contributed by atoms with Crippen LogP contribution in [0.15, 0.2) is 47.8 Å². The van der Waals surface area contributed by atoms with Crippen LogP contribution in [0, 0.1) is 5.82 Å². The maximum absolute atomic E-state index is 14.0. The molecule has 3 aromatic rings. The summed E-state index contributed by atoms with van der Waals surface area (Å²) in [5, 5.41) is 0.847. The molecule has 0 fully saturated rings. The average Bonchev–Trinajstić information content (AvgIpc) is 3.10. The first kappa shape index (κ1) is 16.7. The van der Waals surface area contributed by atoms with Crippen LogP contribution in [0.2, 0.25) is 0 Å². The van der Waals surface area contributed by atoms with Crippen LogP contribution in [0.25, 0.3) is 10.4 Å². The Kier molecular flexibility index (Phi) is 4.83. The van der Waals surface area contributed by atoms with Crippen LogP contribution >= 0.6 is 23.1 Å². The Balaban J connectivity index is 1.47. The summed E-state index contributed by atoms with van der Waals surface area (Å²) in [5.74, 6) is -0.162. The van der Waals surface area contributed by atoms with E-state index in [-0.39, 0.29) is 5.82 Å². The maximum atomic E-state index is 14.0. The summed E-state index contributed by atoms with van der Waals surface area (Å²) in [6, 6.07) is 11.1. The number of aromatic nitrogens is 2. The molecule has 128 valence electrons. The van der Waals surface area contributed by atoms with E-state index in [9.17, 15) is 4.39 Å². The quantitative estimate of drug-likeness (QED) is 0.494. The van der Waals surface area contributed by atoms with Gasteiger partial charge in [-0.05, 0) is 24.5 Å². The summed E-state index contributed by atoms with van der Waals surface area (Å²) in [7, 11) is 0. The summed E-state index contributed by atoms with van der Waals surface area (Å²) < 4.78 is 14.0. The van der Waals surface area contributed by atoms with E-state index in [0.29, 0.717) is 5.56 Å². The molecule has 0 saturated heterocycles. The number of hydrogen-bond donors (Lipinski definition) is 0. The lowest BCUT2D eigenvalue weighted by atomic mass is 10.1. The van der Waals surface area contributed by atoms with Crippen LogP contribution in [-0.2, 0) is 19.5 Å². The van der Waals surface area contributed by atoms with E-state index in [4.69, 9.17) is 0 Å². The number of thioether (sulfide) groups is 1. The van der Waals surface area contributed by atoms with Crippen molar-refractivity contribution in [3.05, 3.63) is 64.5 Å². The third-order valence-electron chi connectivity index (χ3n) is 4.35. The lowest BCUT2D eigenvalue weighted by molar-refractivity contribution is 0.244. The van der Waals surface area contributed by atoms with Gasteiger partial charge < -0.3 is 0 Å². The largest absolute Gasteiger partial charge is 0.293 e. The molecule has 3 heterocycles. The molecule has 0 atom stereocenters. The highest BCUT2D eigenvalue weighted by atomic mass is 32.2. The van der Waals surface area contributed by atoms with Crippen molar-refractivity contribution < 1.29 is 4.39 Å². The SMILES string of the molecule is CSc1ncc2c(n1)CCN(Cc1ccc(-c3ccccc3F)s1)C2. The number of fused-ring (bicyclic) bond motifs is 1. The van der Waals surface area contributed by atoms with E-state index in [1.54, 1.807) is 29.2 Å². The van der Waals surface area contributed by atoms with Crippen LogP contribution in [0.1, 0.15) is 16.1 Å². The van der Waals surface area contributed by atoms with Crippen molar-refractivity contribution in [3.8, 4) is 10.4 Å². The fraction of sp³-hybridized carbons (Fsp3) is 0.263. The van der Waals surface area contributed by atoms with Crippen LogP contribution in [0.4, 0.5) is 4.39 Å². The first-order chi connectivity index (χ1) is 12.2. The molecule has 0 N–H and O–H groups in total. The van der Waals surface area contributed by atoms with Crippen molar-refractivity contribution >= 4 is 23.1 Å². The molecule has 0 spiro atoms. The zero-order valence-corrected chi connectivity index (χ0v) is 15.5. The molecule has 0 unspecified atom stereocenters. The molecule has 4 rings (SSSR count). The minimum atomic E-state index is -0.162. The lowest BCUT2D eigenvalue weighted by Gasteiger charge is -2.27. The van der Waals surface area contributed by atoms with Gasteiger partial charge in [0.15, 0.2) is 5.16 Å². The Morgan fingerprint density at radius 2 is 2.12 bits per heavy atom.